The molecule has 0 radical (unpaired) electrons. The fourth-order valence-corrected chi connectivity index (χ4v) is 2.79. The molecule has 0 aliphatic carbocycles. The summed E-state index contributed by atoms with van der Waals surface area (Å²) in [5.41, 5.74) is 2.05. The Labute approximate surface area is 104 Å². The Morgan fingerprint density at radius 2 is 2.24 bits per heavy atom. The van der Waals surface area contributed by atoms with Gasteiger partial charge in [-0.2, -0.15) is 0 Å². The third-order valence-electron chi connectivity index (χ3n) is 3.78. The third-order valence-corrected chi connectivity index (χ3v) is 3.78. The van der Waals surface area contributed by atoms with E-state index in [0.29, 0.717) is 5.75 Å². The fourth-order valence-electron chi connectivity index (χ4n) is 2.79. The van der Waals surface area contributed by atoms with Crippen LogP contribution in [0.25, 0.3) is 0 Å². The first-order chi connectivity index (χ1) is 8.20. The smallest absolute Gasteiger partial charge is 0.122 e. The van der Waals surface area contributed by atoms with Crippen molar-refractivity contribution in [1.82, 2.24) is 4.90 Å². The minimum absolute atomic E-state index is 0.478. The molecule has 1 atom stereocenters. The Morgan fingerprint density at radius 3 is 3.00 bits per heavy atom. The van der Waals surface area contributed by atoms with Gasteiger partial charge in [0.15, 0.2) is 0 Å². The number of nitrogens with zero attached hydrogens (tertiary/aromatic N) is 1. The highest BCUT2D eigenvalue weighted by atomic mass is 16.3. The third kappa shape index (κ3) is 3.01. The monoisotopic (exact) mass is 233 g/mol. The molecule has 2 nitrogen and oxygen atoms in total. The SMILES string of the molecule is CCCC1CCN(Cc2cccc(C)c2O)C1. The van der Waals surface area contributed by atoms with Gasteiger partial charge in [0, 0.05) is 18.7 Å². The Kier molecular flexibility index (Phi) is 4.06. The van der Waals surface area contributed by atoms with Crippen LogP contribution in [0.1, 0.15) is 37.3 Å². The van der Waals surface area contributed by atoms with E-state index in [1.54, 1.807) is 0 Å². The van der Waals surface area contributed by atoms with Crippen LogP contribution in [-0.2, 0) is 6.54 Å². The maximum absolute atomic E-state index is 10.0. The molecule has 2 heteroatoms. The molecule has 1 aliphatic rings. The zero-order valence-electron chi connectivity index (χ0n) is 10.9. The number of aromatic hydroxyl groups is 1. The number of benzene rings is 1. The largest absolute Gasteiger partial charge is 0.507 e. The topological polar surface area (TPSA) is 23.5 Å². The Morgan fingerprint density at radius 1 is 1.41 bits per heavy atom. The van der Waals surface area contributed by atoms with E-state index < -0.39 is 0 Å². The number of phenolic OH excluding ortho intramolecular Hbond substituents is 1. The van der Waals surface area contributed by atoms with Crippen molar-refractivity contribution in [3.63, 3.8) is 0 Å². The van der Waals surface area contributed by atoms with Crippen molar-refractivity contribution < 1.29 is 5.11 Å². The van der Waals surface area contributed by atoms with E-state index in [-0.39, 0.29) is 0 Å². The molecule has 2 rings (SSSR count). The average Bonchev–Trinajstić information content (AvgIpc) is 2.73. The molecule has 0 bridgehead atoms. The summed E-state index contributed by atoms with van der Waals surface area (Å²) in [6.07, 6.45) is 3.95. The normalized spacial score (nSPS) is 20.9. The summed E-state index contributed by atoms with van der Waals surface area (Å²) in [5, 5.41) is 10.0. The Hall–Kier alpha value is -1.02. The zero-order chi connectivity index (χ0) is 12.3. The van der Waals surface area contributed by atoms with Crippen molar-refractivity contribution in [2.24, 2.45) is 5.92 Å². The summed E-state index contributed by atoms with van der Waals surface area (Å²) >= 11 is 0. The first kappa shape index (κ1) is 12.4. The molecule has 1 N–H and O–H groups in total. The fraction of sp³-hybridized carbons (Fsp3) is 0.600. The number of likely N-dealkylation sites (tertiary alicyclic amines) is 1. The molecule has 0 aromatic heterocycles. The van der Waals surface area contributed by atoms with Gasteiger partial charge in [-0.25, -0.2) is 0 Å². The van der Waals surface area contributed by atoms with Crippen LogP contribution >= 0.6 is 0 Å². The maximum atomic E-state index is 10.0. The molecular weight excluding hydrogens is 210 g/mol. The minimum Gasteiger partial charge on any atom is -0.507 e. The summed E-state index contributed by atoms with van der Waals surface area (Å²) in [7, 11) is 0. The van der Waals surface area contributed by atoms with E-state index in [2.05, 4.69) is 11.8 Å². The van der Waals surface area contributed by atoms with Gasteiger partial charge in [-0.05, 0) is 37.8 Å². The van der Waals surface area contributed by atoms with Crippen molar-refractivity contribution in [3.05, 3.63) is 29.3 Å². The molecule has 0 amide bonds. The zero-order valence-corrected chi connectivity index (χ0v) is 10.9. The lowest BCUT2D eigenvalue weighted by Gasteiger charge is -2.17. The molecular formula is C15H23NO. The molecule has 1 fully saturated rings. The molecule has 1 unspecified atom stereocenters. The van der Waals surface area contributed by atoms with Crippen LogP contribution in [0, 0.1) is 12.8 Å². The van der Waals surface area contributed by atoms with E-state index in [4.69, 9.17) is 0 Å². The minimum atomic E-state index is 0.478. The summed E-state index contributed by atoms with van der Waals surface area (Å²) in [4.78, 5) is 2.47. The summed E-state index contributed by atoms with van der Waals surface area (Å²) in [6, 6.07) is 6.03. The van der Waals surface area contributed by atoms with E-state index in [1.807, 2.05) is 25.1 Å². The van der Waals surface area contributed by atoms with Crippen molar-refractivity contribution in [2.45, 2.75) is 39.7 Å². The van der Waals surface area contributed by atoms with Gasteiger partial charge in [-0.15, -0.1) is 0 Å². The highest BCUT2D eigenvalue weighted by Gasteiger charge is 2.22. The Bertz CT molecular complexity index is 375. The predicted octanol–water partition coefficient (Wildman–Crippen LogP) is 3.32. The van der Waals surface area contributed by atoms with E-state index >= 15 is 0 Å². The van der Waals surface area contributed by atoms with Gasteiger partial charge in [0.25, 0.3) is 0 Å². The number of para-hydroxylation sites is 1. The first-order valence-electron chi connectivity index (χ1n) is 6.70. The lowest BCUT2D eigenvalue weighted by atomic mass is 10.0. The second-order valence-electron chi connectivity index (χ2n) is 5.26. The van der Waals surface area contributed by atoms with E-state index in [1.165, 1.54) is 32.4 Å². The van der Waals surface area contributed by atoms with Crippen LogP contribution in [0.15, 0.2) is 18.2 Å². The van der Waals surface area contributed by atoms with Crippen LogP contribution in [0.2, 0.25) is 0 Å². The molecule has 1 saturated heterocycles. The van der Waals surface area contributed by atoms with Gasteiger partial charge >= 0.3 is 0 Å². The van der Waals surface area contributed by atoms with Crippen LogP contribution in [0.4, 0.5) is 0 Å². The molecule has 1 aromatic carbocycles. The van der Waals surface area contributed by atoms with Gasteiger partial charge in [-0.1, -0.05) is 31.5 Å². The van der Waals surface area contributed by atoms with Gasteiger partial charge in [0.1, 0.15) is 5.75 Å². The maximum Gasteiger partial charge on any atom is 0.122 e. The molecule has 0 spiro atoms. The number of aryl methyl sites for hydroxylation is 1. The number of rotatable bonds is 4. The molecule has 0 saturated carbocycles. The van der Waals surface area contributed by atoms with Gasteiger partial charge in [0.2, 0.25) is 0 Å². The second-order valence-corrected chi connectivity index (χ2v) is 5.26. The van der Waals surface area contributed by atoms with Gasteiger partial charge in [0.05, 0.1) is 0 Å². The highest BCUT2D eigenvalue weighted by molar-refractivity contribution is 5.39. The van der Waals surface area contributed by atoms with Crippen molar-refractivity contribution in [1.29, 1.82) is 0 Å². The second kappa shape index (κ2) is 5.54. The molecule has 1 aromatic rings. The quantitative estimate of drug-likeness (QED) is 0.862. The summed E-state index contributed by atoms with van der Waals surface area (Å²) in [5.74, 6) is 1.35. The van der Waals surface area contributed by atoms with E-state index in [0.717, 1.165) is 23.6 Å². The Balaban J connectivity index is 1.96. The first-order valence-corrected chi connectivity index (χ1v) is 6.70. The molecule has 94 valence electrons. The molecule has 1 aliphatic heterocycles. The lowest BCUT2D eigenvalue weighted by molar-refractivity contribution is 0.307. The highest BCUT2D eigenvalue weighted by Crippen LogP contribution is 2.27. The van der Waals surface area contributed by atoms with Crippen LogP contribution < -0.4 is 0 Å². The van der Waals surface area contributed by atoms with Crippen LogP contribution in [-0.4, -0.2) is 23.1 Å². The van der Waals surface area contributed by atoms with Crippen molar-refractivity contribution in [2.75, 3.05) is 13.1 Å². The standard InChI is InChI=1S/C15H23NO/c1-3-5-13-8-9-16(10-13)11-14-7-4-6-12(2)15(14)17/h4,6-7,13,17H,3,5,8-11H2,1-2H3. The number of hydrogen-bond donors (Lipinski definition) is 1. The molecule has 17 heavy (non-hydrogen) atoms. The number of hydrogen-bond acceptors (Lipinski definition) is 2. The summed E-state index contributed by atoms with van der Waals surface area (Å²) < 4.78 is 0. The predicted molar refractivity (Wildman–Crippen MR) is 71.1 cm³/mol. The average molecular weight is 233 g/mol. The van der Waals surface area contributed by atoms with Crippen molar-refractivity contribution >= 4 is 0 Å². The summed E-state index contributed by atoms with van der Waals surface area (Å²) in [6.45, 7) is 7.49. The van der Waals surface area contributed by atoms with Crippen LogP contribution in [0.5, 0.6) is 5.75 Å². The van der Waals surface area contributed by atoms with Crippen LogP contribution in [0.3, 0.4) is 0 Å². The van der Waals surface area contributed by atoms with E-state index in [9.17, 15) is 5.11 Å². The van der Waals surface area contributed by atoms with Gasteiger partial charge < -0.3 is 5.11 Å². The van der Waals surface area contributed by atoms with Gasteiger partial charge in [-0.3, -0.25) is 4.90 Å². The number of phenols is 1. The molecule has 1 heterocycles. The van der Waals surface area contributed by atoms with Crippen molar-refractivity contribution in [3.8, 4) is 5.75 Å². The lowest BCUT2D eigenvalue weighted by Crippen LogP contribution is -2.20.